The molecule has 1 atom stereocenters. The topological polar surface area (TPSA) is 89.5 Å². The molecular formula is C16H15N3O3. The highest BCUT2D eigenvalue weighted by Crippen LogP contribution is 2.29. The van der Waals surface area contributed by atoms with Gasteiger partial charge < -0.3 is 10.6 Å². The summed E-state index contributed by atoms with van der Waals surface area (Å²) in [6, 6.07) is 13.7. The number of nitrogens with zero attached hydrogens (tertiary/aromatic N) is 2. The summed E-state index contributed by atoms with van der Waals surface area (Å²) in [6.45, 7) is 0.557. The van der Waals surface area contributed by atoms with Crippen LogP contribution in [0, 0.1) is 10.1 Å². The molecule has 1 heterocycles. The molecule has 0 aromatic heterocycles. The molecule has 2 aromatic carbocycles. The zero-order chi connectivity index (χ0) is 15.7. The zero-order valence-electron chi connectivity index (χ0n) is 11.8. The summed E-state index contributed by atoms with van der Waals surface area (Å²) in [6.07, 6.45) is 0.544. The van der Waals surface area contributed by atoms with Crippen LogP contribution >= 0.6 is 0 Å². The number of hydrogen-bond acceptors (Lipinski definition) is 4. The van der Waals surface area contributed by atoms with E-state index in [2.05, 4.69) is 0 Å². The Balaban J connectivity index is 1.97. The Kier molecular flexibility index (Phi) is 3.50. The lowest BCUT2D eigenvalue weighted by Crippen LogP contribution is -2.48. The maximum Gasteiger partial charge on any atom is 0.269 e. The summed E-state index contributed by atoms with van der Waals surface area (Å²) in [5, 5.41) is 10.7. The van der Waals surface area contributed by atoms with Crippen LogP contribution < -0.4 is 10.6 Å². The summed E-state index contributed by atoms with van der Waals surface area (Å²) < 4.78 is 0. The Morgan fingerprint density at radius 2 is 1.77 bits per heavy atom. The molecular weight excluding hydrogens is 282 g/mol. The van der Waals surface area contributed by atoms with Crippen molar-refractivity contribution in [2.24, 2.45) is 5.73 Å². The molecule has 0 bridgehead atoms. The van der Waals surface area contributed by atoms with E-state index in [9.17, 15) is 14.9 Å². The molecule has 6 nitrogen and oxygen atoms in total. The van der Waals surface area contributed by atoms with Gasteiger partial charge in [-0.25, -0.2) is 0 Å². The van der Waals surface area contributed by atoms with Crippen molar-refractivity contribution in [3.63, 3.8) is 0 Å². The molecule has 112 valence electrons. The third-order valence-electron chi connectivity index (χ3n) is 3.97. The predicted molar refractivity (Wildman–Crippen MR) is 82.4 cm³/mol. The zero-order valence-corrected chi connectivity index (χ0v) is 11.8. The Labute approximate surface area is 127 Å². The first-order chi connectivity index (χ1) is 10.6. The van der Waals surface area contributed by atoms with Crippen LogP contribution in [0.5, 0.6) is 0 Å². The number of non-ortho nitro benzene ring substituents is 1. The Morgan fingerprint density at radius 3 is 2.36 bits per heavy atom. The molecule has 0 fully saturated rings. The predicted octanol–water partition coefficient (Wildman–Crippen LogP) is 2.01. The molecule has 0 spiro atoms. The van der Waals surface area contributed by atoms with Crippen molar-refractivity contribution in [1.29, 1.82) is 0 Å². The minimum absolute atomic E-state index is 0.0248. The number of amides is 1. The molecule has 0 radical (unpaired) electrons. The Hall–Kier alpha value is -2.89. The van der Waals surface area contributed by atoms with E-state index in [0.29, 0.717) is 13.0 Å². The van der Waals surface area contributed by atoms with Crippen LogP contribution in [0.4, 0.5) is 11.4 Å². The summed E-state index contributed by atoms with van der Waals surface area (Å²) in [5.74, 6) is -0.396. The van der Waals surface area contributed by atoms with E-state index < -0.39 is 16.9 Å². The van der Waals surface area contributed by atoms with E-state index in [-0.39, 0.29) is 5.69 Å². The first kappa shape index (κ1) is 14.1. The average molecular weight is 297 g/mol. The van der Waals surface area contributed by atoms with Crippen LogP contribution in [0.1, 0.15) is 11.1 Å². The van der Waals surface area contributed by atoms with Gasteiger partial charge in [0, 0.05) is 30.8 Å². The second kappa shape index (κ2) is 5.48. The van der Waals surface area contributed by atoms with Crippen LogP contribution in [-0.2, 0) is 17.8 Å². The van der Waals surface area contributed by atoms with Crippen LogP contribution in [0.2, 0.25) is 0 Å². The number of carbonyl (C=O) groups excluding carboxylic acids is 1. The number of fused-ring (bicyclic) bond motifs is 1. The van der Waals surface area contributed by atoms with Crippen molar-refractivity contribution in [2.75, 3.05) is 4.90 Å². The first-order valence-electron chi connectivity index (χ1n) is 6.93. The van der Waals surface area contributed by atoms with E-state index in [4.69, 9.17) is 5.73 Å². The fraction of sp³-hybridized carbons (Fsp3) is 0.188. The summed E-state index contributed by atoms with van der Waals surface area (Å²) >= 11 is 0. The fourth-order valence-electron chi connectivity index (χ4n) is 2.81. The van der Waals surface area contributed by atoms with Crippen LogP contribution in [0.25, 0.3) is 0 Å². The number of nitro benzene ring substituents is 1. The lowest BCUT2D eigenvalue weighted by Gasteiger charge is -2.36. The van der Waals surface area contributed by atoms with Crippen molar-refractivity contribution in [1.82, 2.24) is 0 Å². The van der Waals surface area contributed by atoms with Crippen molar-refractivity contribution in [3.05, 3.63) is 69.8 Å². The number of carbonyl (C=O) groups is 1. The average Bonchev–Trinajstić information content (AvgIpc) is 2.53. The van der Waals surface area contributed by atoms with Gasteiger partial charge in [0.05, 0.1) is 4.92 Å². The van der Waals surface area contributed by atoms with E-state index in [1.807, 2.05) is 29.2 Å². The highest BCUT2D eigenvalue weighted by atomic mass is 16.6. The van der Waals surface area contributed by atoms with Crippen LogP contribution in [-0.4, -0.2) is 16.9 Å². The fourth-order valence-corrected chi connectivity index (χ4v) is 2.81. The first-order valence-corrected chi connectivity index (χ1v) is 6.93. The molecule has 2 aromatic rings. The molecule has 22 heavy (non-hydrogen) atoms. The number of anilines is 1. The smallest absolute Gasteiger partial charge is 0.269 e. The molecule has 0 unspecified atom stereocenters. The monoisotopic (exact) mass is 297 g/mol. The van der Waals surface area contributed by atoms with Crippen molar-refractivity contribution in [2.45, 2.75) is 19.0 Å². The number of hydrogen-bond donors (Lipinski definition) is 1. The lowest BCUT2D eigenvalue weighted by atomic mass is 9.93. The largest absolute Gasteiger partial charge is 0.368 e. The van der Waals surface area contributed by atoms with Gasteiger partial charge in [-0.1, -0.05) is 24.3 Å². The summed E-state index contributed by atoms with van der Waals surface area (Å²) in [5.41, 5.74) is 8.57. The number of rotatable bonds is 3. The molecule has 0 aliphatic carbocycles. The standard InChI is InChI=1S/C16H15N3O3/c17-16(20)15-9-11-3-1-2-4-12(11)10-18(15)13-5-7-14(8-6-13)19(21)22/h1-8,15H,9-10H2,(H2,17,20)/t15-/m0/s1. The molecule has 2 N–H and O–H groups in total. The lowest BCUT2D eigenvalue weighted by molar-refractivity contribution is -0.384. The molecule has 3 rings (SSSR count). The maximum absolute atomic E-state index is 11.8. The van der Waals surface area contributed by atoms with Crippen molar-refractivity contribution in [3.8, 4) is 0 Å². The molecule has 1 amide bonds. The molecule has 0 saturated carbocycles. The van der Waals surface area contributed by atoms with E-state index in [0.717, 1.165) is 16.8 Å². The van der Waals surface area contributed by atoms with Gasteiger partial charge in [0.25, 0.3) is 5.69 Å². The molecule has 1 aliphatic heterocycles. The van der Waals surface area contributed by atoms with Gasteiger partial charge in [0.2, 0.25) is 5.91 Å². The normalized spacial score (nSPS) is 16.9. The van der Waals surface area contributed by atoms with Crippen LogP contribution in [0.15, 0.2) is 48.5 Å². The van der Waals surface area contributed by atoms with Crippen molar-refractivity contribution < 1.29 is 9.72 Å². The Bertz CT molecular complexity index is 728. The van der Waals surface area contributed by atoms with Gasteiger partial charge in [-0.05, 0) is 23.3 Å². The number of benzene rings is 2. The highest BCUT2D eigenvalue weighted by molar-refractivity contribution is 5.84. The molecule has 0 saturated heterocycles. The van der Waals surface area contributed by atoms with Gasteiger partial charge >= 0.3 is 0 Å². The maximum atomic E-state index is 11.8. The van der Waals surface area contributed by atoms with E-state index >= 15 is 0 Å². The minimum Gasteiger partial charge on any atom is -0.368 e. The van der Waals surface area contributed by atoms with Gasteiger partial charge in [-0.15, -0.1) is 0 Å². The van der Waals surface area contributed by atoms with Gasteiger partial charge in [0.15, 0.2) is 0 Å². The van der Waals surface area contributed by atoms with Crippen molar-refractivity contribution >= 4 is 17.3 Å². The van der Waals surface area contributed by atoms with Crippen LogP contribution in [0.3, 0.4) is 0 Å². The third-order valence-corrected chi connectivity index (χ3v) is 3.97. The SMILES string of the molecule is NC(=O)[C@@H]1Cc2ccccc2CN1c1ccc([N+](=O)[O-])cc1. The van der Waals surface area contributed by atoms with Gasteiger partial charge in [-0.2, -0.15) is 0 Å². The number of primary amides is 1. The minimum atomic E-state index is -0.448. The second-order valence-electron chi connectivity index (χ2n) is 5.29. The van der Waals surface area contributed by atoms with E-state index in [1.165, 1.54) is 12.1 Å². The summed E-state index contributed by atoms with van der Waals surface area (Å²) in [7, 11) is 0. The molecule has 6 heteroatoms. The quantitative estimate of drug-likeness (QED) is 0.693. The number of nitro groups is 1. The summed E-state index contributed by atoms with van der Waals surface area (Å²) in [4.78, 5) is 24.0. The van der Waals surface area contributed by atoms with Gasteiger partial charge in [-0.3, -0.25) is 14.9 Å². The Morgan fingerprint density at radius 1 is 1.14 bits per heavy atom. The highest BCUT2D eigenvalue weighted by Gasteiger charge is 2.30. The third kappa shape index (κ3) is 2.50. The number of nitrogens with two attached hydrogens (primary N) is 1. The molecule has 1 aliphatic rings. The van der Waals surface area contributed by atoms with Gasteiger partial charge in [0.1, 0.15) is 6.04 Å². The van der Waals surface area contributed by atoms with E-state index in [1.54, 1.807) is 12.1 Å². The second-order valence-corrected chi connectivity index (χ2v) is 5.29.